The van der Waals surface area contributed by atoms with Gasteiger partial charge >= 0.3 is 0 Å². The topological polar surface area (TPSA) is 75.4 Å². The van der Waals surface area contributed by atoms with E-state index in [2.05, 4.69) is 4.72 Å². The molecule has 1 rings (SSSR count). The van der Waals surface area contributed by atoms with Crippen molar-refractivity contribution in [3.05, 3.63) is 0 Å². The van der Waals surface area contributed by atoms with E-state index >= 15 is 0 Å². The van der Waals surface area contributed by atoms with Gasteiger partial charge in [-0.2, -0.15) is 17.4 Å². The Kier molecular flexibility index (Phi) is 7.70. The normalized spacial score (nSPS) is 25.2. The molecule has 7 heteroatoms. The highest BCUT2D eigenvalue weighted by Crippen LogP contribution is 2.24. The SMILES string of the molecule is CC(C)N(C)S(=O)(=O)NC1CCCCC1CN.Cl. The van der Waals surface area contributed by atoms with Crippen LogP contribution in [0.3, 0.4) is 0 Å². The van der Waals surface area contributed by atoms with Crippen LogP contribution in [0.15, 0.2) is 0 Å². The van der Waals surface area contributed by atoms with E-state index in [0.29, 0.717) is 6.54 Å². The van der Waals surface area contributed by atoms with Crippen LogP contribution in [0.4, 0.5) is 0 Å². The summed E-state index contributed by atoms with van der Waals surface area (Å²) >= 11 is 0. The van der Waals surface area contributed by atoms with Crippen molar-refractivity contribution in [2.24, 2.45) is 11.7 Å². The monoisotopic (exact) mass is 299 g/mol. The molecule has 1 aliphatic rings. The highest BCUT2D eigenvalue weighted by molar-refractivity contribution is 7.87. The first-order valence-electron chi connectivity index (χ1n) is 6.34. The molecule has 2 unspecified atom stereocenters. The summed E-state index contributed by atoms with van der Waals surface area (Å²) in [6.45, 7) is 4.28. The Morgan fingerprint density at radius 1 is 1.33 bits per heavy atom. The lowest BCUT2D eigenvalue weighted by molar-refractivity contribution is 0.288. The van der Waals surface area contributed by atoms with Gasteiger partial charge in [-0.3, -0.25) is 0 Å². The average molecular weight is 300 g/mol. The molecule has 1 aliphatic carbocycles. The Balaban J connectivity index is 0.00000289. The maximum atomic E-state index is 12.1. The van der Waals surface area contributed by atoms with Crippen LogP contribution in [0.2, 0.25) is 0 Å². The van der Waals surface area contributed by atoms with Gasteiger partial charge in [-0.15, -0.1) is 12.4 Å². The molecule has 0 aromatic heterocycles. The highest BCUT2D eigenvalue weighted by atomic mass is 35.5. The molecule has 2 atom stereocenters. The summed E-state index contributed by atoms with van der Waals surface area (Å²) in [4.78, 5) is 0. The fourth-order valence-corrected chi connectivity index (χ4v) is 3.61. The Bertz CT molecular complexity index is 335. The minimum Gasteiger partial charge on any atom is -0.330 e. The third kappa shape index (κ3) is 4.66. The smallest absolute Gasteiger partial charge is 0.279 e. The molecule has 0 aromatic carbocycles. The zero-order chi connectivity index (χ0) is 13.1. The summed E-state index contributed by atoms with van der Waals surface area (Å²) in [5.74, 6) is 0.277. The molecule has 3 N–H and O–H groups in total. The molecule has 0 amide bonds. The van der Waals surface area contributed by atoms with Gasteiger partial charge in [0.2, 0.25) is 0 Å². The first-order valence-corrected chi connectivity index (χ1v) is 7.78. The van der Waals surface area contributed by atoms with Gasteiger partial charge in [0, 0.05) is 19.1 Å². The van der Waals surface area contributed by atoms with Crippen LogP contribution < -0.4 is 10.5 Å². The average Bonchev–Trinajstić information content (AvgIpc) is 2.28. The van der Waals surface area contributed by atoms with Crippen molar-refractivity contribution in [3.8, 4) is 0 Å². The first kappa shape index (κ1) is 18.1. The van der Waals surface area contributed by atoms with E-state index in [4.69, 9.17) is 5.73 Å². The van der Waals surface area contributed by atoms with Gasteiger partial charge in [0.25, 0.3) is 10.2 Å². The molecular weight excluding hydrogens is 274 g/mol. The van der Waals surface area contributed by atoms with Crippen molar-refractivity contribution in [3.63, 3.8) is 0 Å². The molecule has 0 aliphatic heterocycles. The van der Waals surface area contributed by atoms with Gasteiger partial charge in [-0.1, -0.05) is 12.8 Å². The third-order valence-corrected chi connectivity index (χ3v) is 5.40. The molecule has 0 bridgehead atoms. The van der Waals surface area contributed by atoms with E-state index in [0.717, 1.165) is 25.7 Å². The molecule has 1 saturated carbocycles. The van der Waals surface area contributed by atoms with Crippen LogP contribution >= 0.6 is 12.4 Å². The van der Waals surface area contributed by atoms with E-state index in [-0.39, 0.29) is 30.4 Å². The number of nitrogens with zero attached hydrogens (tertiary/aromatic N) is 1. The van der Waals surface area contributed by atoms with E-state index in [1.807, 2.05) is 13.8 Å². The van der Waals surface area contributed by atoms with Crippen LogP contribution in [0.25, 0.3) is 0 Å². The van der Waals surface area contributed by atoms with Gasteiger partial charge < -0.3 is 5.73 Å². The van der Waals surface area contributed by atoms with E-state index in [1.54, 1.807) is 7.05 Å². The number of nitrogens with two attached hydrogens (primary N) is 1. The van der Waals surface area contributed by atoms with E-state index < -0.39 is 10.2 Å². The number of rotatable bonds is 5. The van der Waals surface area contributed by atoms with Crippen LogP contribution in [0.1, 0.15) is 39.5 Å². The molecule has 18 heavy (non-hydrogen) atoms. The number of nitrogens with one attached hydrogen (secondary N) is 1. The number of hydrogen-bond acceptors (Lipinski definition) is 3. The summed E-state index contributed by atoms with van der Waals surface area (Å²) in [5, 5.41) is 0. The van der Waals surface area contributed by atoms with E-state index in [1.165, 1.54) is 4.31 Å². The fourth-order valence-electron chi connectivity index (χ4n) is 2.20. The van der Waals surface area contributed by atoms with E-state index in [9.17, 15) is 8.42 Å². The molecule has 0 aromatic rings. The van der Waals surface area contributed by atoms with Crippen molar-refractivity contribution < 1.29 is 8.42 Å². The minimum absolute atomic E-state index is 0. The van der Waals surface area contributed by atoms with Crippen molar-refractivity contribution in [2.45, 2.75) is 51.6 Å². The standard InChI is InChI=1S/C11H25N3O2S.ClH/c1-9(2)14(3)17(15,16)13-11-7-5-4-6-10(11)8-12;/h9-11,13H,4-8,12H2,1-3H3;1H. The number of hydrogen-bond donors (Lipinski definition) is 2. The minimum atomic E-state index is -3.37. The summed E-state index contributed by atoms with van der Waals surface area (Å²) in [6, 6.07) is -0.0348. The second-order valence-electron chi connectivity index (χ2n) is 5.12. The second kappa shape index (κ2) is 7.65. The molecule has 5 nitrogen and oxygen atoms in total. The van der Waals surface area contributed by atoms with Crippen LogP contribution in [-0.2, 0) is 10.2 Å². The molecule has 0 radical (unpaired) electrons. The van der Waals surface area contributed by atoms with Gasteiger partial charge in [-0.05, 0) is 39.2 Å². The Labute approximate surface area is 117 Å². The fraction of sp³-hybridized carbons (Fsp3) is 1.00. The van der Waals surface area contributed by atoms with Gasteiger partial charge in [0.1, 0.15) is 0 Å². The summed E-state index contributed by atoms with van der Waals surface area (Å²) in [7, 11) is -1.77. The Hall–Kier alpha value is 0.120. The van der Waals surface area contributed by atoms with Crippen molar-refractivity contribution in [1.82, 2.24) is 9.03 Å². The summed E-state index contributed by atoms with van der Waals surface area (Å²) in [5.41, 5.74) is 5.70. The largest absolute Gasteiger partial charge is 0.330 e. The highest BCUT2D eigenvalue weighted by Gasteiger charge is 2.30. The van der Waals surface area contributed by atoms with Gasteiger partial charge in [0.05, 0.1) is 0 Å². The van der Waals surface area contributed by atoms with Crippen LogP contribution in [0.5, 0.6) is 0 Å². The predicted molar refractivity (Wildman–Crippen MR) is 77.0 cm³/mol. The molecule has 110 valence electrons. The molecule has 0 spiro atoms. The first-order chi connectivity index (χ1) is 7.88. The Morgan fingerprint density at radius 2 is 1.89 bits per heavy atom. The molecule has 0 saturated heterocycles. The molecule has 0 heterocycles. The van der Waals surface area contributed by atoms with Crippen LogP contribution in [0, 0.1) is 5.92 Å². The quantitative estimate of drug-likeness (QED) is 0.798. The van der Waals surface area contributed by atoms with Gasteiger partial charge in [0.15, 0.2) is 0 Å². The zero-order valence-electron chi connectivity index (χ0n) is 11.4. The molecular formula is C11H26ClN3O2S. The lowest BCUT2D eigenvalue weighted by Crippen LogP contribution is -2.50. The second-order valence-corrected chi connectivity index (χ2v) is 6.88. The van der Waals surface area contributed by atoms with Crippen LogP contribution in [-0.4, -0.2) is 38.4 Å². The maximum Gasteiger partial charge on any atom is 0.279 e. The van der Waals surface area contributed by atoms with Gasteiger partial charge in [-0.25, -0.2) is 0 Å². The predicted octanol–water partition coefficient (Wildman–Crippen LogP) is 1.10. The van der Waals surface area contributed by atoms with Crippen molar-refractivity contribution in [1.29, 1.82) is 0 Å². The lowest BCUT2D eigenvalue weighted by Gasteiger charge is -2.33. The zero-order valence-corrected chi connectivity index (χ0v) is 13.1. The summed E-state index contributed by atoms with van der Waals surface area (Å²) in [6.07, 6.45) is 4.15. The lowest BCUT2D eigenvalue weighted by atomic mass is 9.85. The number of halogens is 1. The van der Waals surface area contributed by atoms with Crippen molar-refractivity contribution >= 4 is 22.6 Å². The molecule has 1 fully saturated rings. The van der Waals surface area contributed by atoms with Crippen molar-refractivity contribution in [2.75, 3.05) is 13.6 Å². The maximum absolute atomic E-state index is 12.1. The summed E-state index contributed by atoms with van der Waals surface area (Å²) < 4.78 is 28.3. The third-order valence-electron chi connectivity index (χ3n) is 3.62. The Morgan fingerprint density at radius 3 is 2.39 bits per heavy atom.